The Bertz CT molecular complexity index is 786. The number of hydrogen-bond acceptors (Lipinski definition) is 1. The molecule has 0 spiro atoms. The van der Waals surface area contributed by atoms with E-state index in [2.05, 4.69) is 56.7 Å². The van der Waals surface area contributed by atoms with Crippen LogP contribution in [0.25, 0.3) is 16.7 Å². The van der Waals surface area contributed by atoms with Crippen molar-refractivity contribution in [3.8, 4) is 5.69 Å². The molecule has 0 bridgehead atoms. The molecule has 3 rings (SSSR count). The Hall–Kier alpha value is -1.39. The number of fused-ring (bicyclic) bond motifs is 1. The van der Waals surface area contributed by atoms with Gasteiger partial charge in [-0.25, -0.2) is 0 Å². The van der Waals surface area contributed by atoms with Gasteiger partial charge in [-0.3, -0.25) is 4.57 Å². The molecule has 0 saturated carbocycles. The van der Waals surface area contributed by atoms with Gasteiger partial charge in [-0.15, -0.1) is 0 Å². The van der Waals surface area contributed by atoms with Crippen molar-refractivity contribution in [2.24, 2.45) is 0 Å². The summed E-state index contributed by atoms with van der Waals surface area (Å²) < 4.78 is 3.86. The number of para-hydroxylation sites is 2. The Morgan fingerprint density at radius 2 is 1.94 bits per heavy atom. The zero-order chi connectivity index (χ0) is 12.7. The van der Waals surface area contributed by atoms with Gasteiger partial charge in [-0.1, -0.05) is 34.1 Å². The van der Waals surface area contributed by atoms with E-state index in [-0.39, 0.29) is 0 Å². The van der Waals surface area contributed by atoms with Gasteiger partial charge in [-0.2, -0.15) is 0 Å². The predicted octanol–water partition coefficient (Wildman–Crippen LogP) is 4.76. The van der Waals surface area contributed by atoms with E-state index in [0.29, 0.717) is 4.77 Å². The zero-order valence-corrected chi connectivity index (χ0v) is 12.2. The highest BCUT2D eigenvalue weighted by atomic mass is 79.9. The Morgan fingerprint density at radius 3 is 2.72 bits per heavy atom. The molecule has 2 aromatic carbocycles. The molecule has 0 aliphatic carbocycles. The number of hydrogen-bond donors (Lipinski definition) is 1. The molecule has 18 heavy (non-hydrogen) atoms. The van der Waals surface area contributed by atoms with Gasteiger partial charge in [0.1, 0.15) is 0 Å². The van der Waals surface area contributed by atoms with E-state index < -0.39 is 0 Å². The van der Waals surface area contributed by atoms with Crippen molar-refractivity contribution in [2.75, 3.05) is 0 Å². The van der Waals surface area contributed by atoms with Crippen molar-refractivity contribution >= 4 is 39.2 Å². The number of benzene rings is 2. The summed E-state index contributed by atoms with van der Waals surface area (Å²) in [5.74, 6) is 0. The molecule has 1 heterocycles. The Balaban J connectivity index is 2.34. The van der Waals surface area contributed by atoms with Crippen LogP contribution in [0, 0.1) is 11.7 Å². The van der Waals surface area contributed by atoms with Crippen molar-refractivity contribution < 1.29 is 0 Å². The SMILES string of the molecule is Cc1ccc(-n2c(=S)[nH]c3ccccc32)cc1Br. The fraction of sp³-hybridized carbons (Fsp3) is 0.0714. The monoisotopic (exact) mass is 318 g/mol. The summed E-state index contributed by atoms with van der Waals surface area (Å²) in [6.45, 7) is 2.07. The molecule has 0 fully saturated rings. The third-order valence-corrected chi connectivity index (χ3v) is 4.14. The second-order valence-corrected chi connectivity index (χ2v) is 5.46. The van der Waals surface area contributed by atoms with Crippen LogP contribution in [0.2, 0.25) is 0 Å². The predicted molar refractivity (Wildman–Crippen MR) is 80.9 cm³/mol. The molecule has 0 aliphatic heterocycles. The second kappa shape index (κ2) is 4.37. The molecule has 0 aliphatic rings. The molecule has 0 amide bonds. The third kappa shape index (κ3) is 1.82. The number of aromatic amines is 1. The number of H-pyrrole nitrogens is 1. The molecule has 0 unspecified atom stereocenters. The maximum atomic E-state index is 5.40. The van der Waals surface area contributed by atoms with Crippen molar-refractivity contribution in [3.63, 3.8) is 0 Å². The first kappa shape index (κ1) is 11.7. The first-order valence-corrected chi connectivity index (χ1v) is 6.83. The summed E-state index contributed by atoms with van der Waals surface area (Å²) in [7, 11) is 0. The van der Waals surface area contributed by atoms with Crippen LogP contribution in [0.1, 0.15) is 5.56 Å². The van der Waals surface area contributed by atoms with Crippen LogP contribution in [0.5, 0.6) is 0 Å². The van der Waals surface area contributed by atoms with Crippen molar-refractivity contribution in [3.05, 3.63) is 57.3 Å². The standard InChI is InChI=1S/C14H11BrN2S/c1-9-6-7-10(8-11(9)15)17-13-5-3-2-4-12(13)16-14(17)18/h2-8H,1H3,(H,16,18). The lowest BCUT2D eigenvalue weighted by molar-refractivity contribution is 1.06. The van der Waals surface area contributed by atoms with E-state index >= 15 is 0 Å². The first-order valence-electron chi connectivity index (χ1n) is 5.63. The summed E-state index contributed by atoms with van der Waals surface area (Å²) in [6.07, 6.45) is 0. The fourth-order valence-corrected chi connectivity index (χ4v) is 2.71. The molecular weight excluding hydrogens is 308 g/mol. The van der Waals surface area contributed by atoms with Crippen molar-refractivity contribution in [1.82, 2.24) is 9.55 Å². The number of aromatic nitrogens is 2. The number of nitrogens with zero attached hydrogens (tertiary/aromatic N) is 1. The van der Waals surface area contributed by atoms with Crippen LogP contribution >= 0.6 is 28.1 Å². The summed E-state index contributed by atoms with van der Waals surface area (Å²) >= 11 is 8.97. The maximum Gasteiger partial charge on any atom is 0.182 e. The minimum Gasteiger partial charge on any atom is -0.330 e. The minimum atomic E-state index is 0.715. The Morgan fingerprint density at radius 1 is 1.17 bits per heavy atom. The zero-order valence-electron chi connectivity index (χ0n) is 9.77. The highest BCUT2D eigenvalue weighted by Gasteiger charge is 2.06. The number of aryl methyl sites for hydroxylation is 1. The van der Waals surface area contributed by atoms with Crippen LogP contribution in [-0.4, -0.2) is 9.55 Å². The van der Waals surface area contributed by atoms with Crippen LogP contribution in [0.4, 0.5) is 0 Å². The average Bonchev–Trinajstić information content (AvgIpc) is 2.69. The number of nitrogens with one attached hydrogen (secondary N) is 1. The van der Waals surface area contributed by atoms with Crippen molar-refractivity contribution in [1.29, 1.82) is 0 Å². The lowest BCUT2D eigenvalue weighted by Crippen LogP contribution is -1.94. The smallest absolute Gasteiger partial charge is 0.182 e. The van der Waals surface area contributed by atoms with E-state index in [1.165, 1.54) is 5.56 Å². The summed E-state index contributed by atoms with van der Waals surface area (Å²) in [6, 6.07) is 14.4. The molecule has 2 nitrogen and oxygen atoms in total. The molecular formula is C14H11BrN2S. The normalized spacial score (nSPS) is 11.0. The molecule has 1 aromatic heterocycles. The Kier molecular flexibility index (Phi) is 2.84. The van der Waals surface area contributed by atoms with Gasteiger partial charge in [-0.05, 0) is 49.0 Å². The lowest BCUT2D eigenvalue weighted by Gasteiger charge is -2.06. The van der Waals surface area contributed by atoms with Gasteiger partial charge in [0.25, 0.3) is 0 Å². The summed E-state index contributed by atoms with van der Waals surface area (Å²) in [4.78, 5) is 3.22. The number of halogens is 1. The van der Waals surface area contributed by atoms with Crippen LogP contribution < -0.4 is 0 Å². The molecule has 4 heteroatoms. The van der Waals surface area contributed by atoms with Gasteiger partial charge in [0, 0.05) is 10.2 Å². The topological polar surface area (TPSA) is 20.7 Å². The molecule has 0 atom stereocenters. The molecule has 3 aromatic rings. The molecule has 0 radical (unpaired) electrons. The molecule has 90 valence electrons. The van der Waals surface area contributed by atoms with Gasteiger partial charge in [0.2, 0.25) is 0 Å². The van der Waals surface area contributed by atoms with E-state index in [1.54, 1.807) is 0 Å². The fourth-order valence-electron chi connectivity index (χ4n) is 2.03. The van der Waals surface area contributed by atoms with Gasteiger partial charge in [0.05, 0.1) is 11.0 Å². The van der Waals surface area contributed by atoms with Gasteiger partial charge in [0.15, 0.2) is 4.77 Å². The molecule has 1 N–H and O–H groups in total. The summed E-state index contributed by atoms with van der Waals surface area (Å²) in [5, 5.41) is 0. The number of imidazole rings is 1. The van der Waals surface area contributed by atoms with Crippen LogP contribution in [0.3, 0.4) is 0 Å². The maximum absolute atomic E-state index is 5.40. The average molecular weight is 319 g/mol. The highest BCUT2D eigenvalue weighted by Crippen LogP contribution is 2.24. The minimum absolute atomic E-state index is 0.715. The van der Waals surface area contributed by atoms with E-state index in [4.69, 9.17) is 12.2 Å². The van der Waals surface area contributed by atoms with Gasteiger partial charge < -0.3 is 4.98 Å². The second-order valence-electron chi connectivity index (χ2n) is 4.22. The quantitative estimate of drug-likeness (QED) is 0.641. The van der Waals surface area contributed by atoms with Gasteiger partial charge >= 0.3 is 0 Å². The van der Waals surface area contributed by atoms with Crippen molar-refractivity contribution in [2.45, 2.75) is 6.92 Å². The first-order chi connectivity index (χ1) is 8.66. The Labute approximate surface area is 118 Å². The molecule has 0 saturated heterocycles. The van der Waals surface area contributed by atoms with E-state index in [1.807, 2.05) is 18.2 Å². The summed E-state index contributed by atoms with van der Waals surface area (Å²) in [5.41, 5.74) is 4.43. The van der Waals surface area contributed by atoms with E-state index in [0.717, 1.165) is 21.2 Å². The highest BCUT2D eigenvalue weighted by molar-refractivity contribution is 9.10. The van der Waals surface area contributed by atoms with Crippen LogP contribution in [0.15, 0.2) is 46.9 Å². The number of rotatable bonds is 1. The third-order valence-electron chi connectivity index (χ3n) is 3.00. The largest absolute Gasteiger partial charge is 0.330 e. The lowest BCUT2D eigenvalue weighted by atomic mass is 10.2. The van der Waals surface area contributed by atoms with E-state index in [9.17, 15) is 0 Å². The van der Waals surface area contributed by atoms with Crippen LogP contribution in [-0.2, 0) is 0 Å².